The Morgan fingerprint density at radius 3 is 2.78 bits per heavy atom. The van der Waals surface area contributed by atoms with Gasteiger partial charge in [-0.2, -0.15) is 8.78 Å². The largest absolute Gasteiger partial charge is 0.435 e. The molecule has 1 heterocycles. The number of benzene rings is 1. The molecule has 1 saturated heterocycles. The van der Waals surface area contributed by atoms with Gasteiger partial charge in [-0.05, 0) is 37.5 Å². The normalized spacial score (nSPS) is 18.8. The van der Waals surface area contributed by atoms with Crippen molar-refractivity contribution in [1.29, 1.82) is 0 Å². The van der Waals surface area contributed by atoms with Crippen LogP contribution in [0.15, 0.2) is 24.3 Å². The zero-order valence-corrected chi connectivity index (χ0v) is 13.1. The zero-order chi connectivity index (χ0) is 17.0. The molecule has 0 aliphatic carbocycles. The van der Waals surface area contributed by atoms with Crippen molar-refractivity contribution in [3.63, 3.8) is 0 Å². The summed E-state index contributed by atoms with van der Waals surface area (Å²) in [5.74, 6) is -0.308. The van der Waals surface area contributed by atoms with Gasteiger partial charge in [-0.15, -0.1) is 0 Å². The van der Waals surface area contributed by atoms with Crippen LogP contribution in [0.4, 0.5) is 8.78 Å². The highest BCUT2D eigenvalue weighted by Crippen LogP contribution is 2.22. The molecule has 7 heteroatoms. The van der Waals surface area contributed by atoms with Crippen LogP contribution in [-0.2, 0) is 9.59 Å². The molecule has 23 heavy (non-hydrogen) atoms. The van der Waals surface area contributed by atoms with Crippen LogP contribution in [-0.4, -0.2) is 35.9 Å². The van der Waals surface area contributed by atoms with Gasteiger partial charge in [0, 0.05) is 13.5 Å². The molecule has 0 bridgehead atoms. The lowest BCUT2D eigenvalue weighted by atomic mass is 10.1. The Balaban J connectivity index is 2.02. The molecule has 0 radical (unpaired) electrons. The monoisotopic (exact) mass is 326 g/mol. The van der Waals surface area contributed by atoms with Crippen LogP contribution in [0.25, 0.3) is 0 Å². The Morgan fingerprint density at radius 1 is 1.39 bits per heavy atom. The molecule has 2 unspecified atom stereocenters. The van der Waals surface area contributed by atoms with E-state index in [-0.39, 0.29) is 23.6 Å². The van der Waals surface area contributed by atoms with Crippen LogP contribution in [0.5, 0.6) is 5.75 Å². The van der Waals surface area contributed by atoms with Gasteiger partial charge >= 0.3 is 6.61 Å². The Morgan fingerprint density at radius 2 is 2.13 bits per heavy atom. The Kier molecular flexibility index (Phi) is 5.52. The highest BCUT2D eigenvalue weighted by molar-refractivity contribution is 5.87. The first-order valence-corrected chi connectivity index (χ1v) is 7.51. The molecule has 1 aromatic rings. The fourth-order valence-electron chi connectivity index (χ4n) is 2.77. The van der Waals surface area contributed by atoms with E-state index in [0.29, 0.717) is 18.5 Å². The average Bonchev–Trinajstić information content (AvgIpc) is 2.96. The van der Waals surface area contributed by atoms with Gasteiger partial charge in [-0.3, -0.25) is 9.59 Å². The van der Waals surface area contributed by atoms with Crippen LogP contribution < -0.4 is 10.1 Å². The second kappa shape index (κ2) is 7.39. The minimum atomic E-state index is -2.89. The number of ether oxygens (including phenoxy) is 1. The van der Waals surface area contributed by atoms with Gasteiger partial charge in [-0.1, -0.05) is 12.1 Å². The molecular weight excluding hydrogens is 306 g/mol. The summed E-state index contributed by atoms with van der Waals surface area (Å²) in [4.78, 5) is 25.4. The van der Waals surface area contributed by atoms with Crippen molar-refractivity contribution in [3.8, 4) is 5.75 Å². The maximum Gasteiger partial charge on any atom is 0.387 e. The van der Waals surface area contributed by atoms with Crippen molar-refractivity contribution in [2.45, 2.75) is 45.4 Å². The third-order valence-electron chi connectivity index (χ3n) is 3.90. The maximum atomic E-state index is 12.4. The van der Waals surface area contributed by atoms with Gasteiger partial charge < -0.3 is 15.0 Å². The van der Waals surface area contributed by atoms with E-state index in [9.17, 15) is 18.4 Å². The summed E-state index contributed by atoms with van der Waals surface area (Å²) < 4.78 is 28.9. The Hall–Kier alpha value is -2.18. The lowest BCUT2D eigenvalue weighted by Crippen LogP contribution is -2.45. The van der Waals surface area contributed by atoms with Gasteiger partial charge in [0.2, 0.25) is 11.8 Å². The minimum absolute atomic E-state index is 0.0461. The molecule has 2 atom stereocenters. The number of rotatable bonds is 5. The number of halogens is 2. The number of nitrogens with zero attached hydrogens (tertiary/aromatic N) is 1. The summed E-state index contributed by atoms with van der Waals surface area (Å²) in [7, 11) is 0. The first kappa shape index (κ1) is 17.2. The van der Waals surface area contributed by atoms with E-state index >= 15 is 0 Å². The number of amides is 2. The third-order valence-corrected chi connectivity index (χ3v) is 3.90. The molecular formula is C16H20F2N2O3. The molecule has 1 aliphatic rings. The summed E-state index contributed by atoms with van der Waals surface area (Å²) in [6.45, 7) is 0.893. The van der Waals surface area contributed by atoms with Crippen molar-refractivity contribution >= 4 is 11.8 Å². The molecule has 0 aromatic heterocycles. The fraction of sp³-hybridized carbons (Fsp3) is 0.500. The van der Waals surface area contributed by atoms with E-state index in [1.807, 2.05) is 0 Å². The summed E-state index contributed by atoms with van der Waals surface area (Å²) in [6.07, 6.45) is 1.43. The molecule has 5 nitrogen and oxygen atoms in total. The van der Waals surface area contributed by atoms with Crippen LogP contribution in [0.3, 0.4) is 0 Å². The van der Waals surface area contributed by atoms with Gasteiger partial charge in [0.25, 0.3) is 0 Å². The fourth-order valence-corrected chi connectivity index (χ4v) is 2.77. The first-order valence-electron chi connectivity index (χ1n) is 7.51. The number of likely N-dealkylation sites (tertiary alicyclic amines) is 1. The van der Waals surface area contributed by atoms with Crippen LogP contribution in [0, 0.1) is 0 Å². The Bertz CT molecular complexity index is 580. The number of carbonyl (C=O) groups excluding carboxylic acids is 2. The predicted octanol–water partition coefficient (Wildman–Crippen LogP) is 2.48. The summed E-state index contributed by atoms with van der Waals surface area (Å²) in [6, 6.07) is 5.37. The molecule has 2 amide bonds. The molecule has 2 rings (SSSR count). The standard InChI is InChI=1S/C16H20F2N2O3/c1-10(12-5-3-6-13(9-12)23-16(17)18)19-15(22)14-7-4-8-20(14)11(2)21/h3,5-6,9-10,14,16H,4,7-8H2,1-2H3,(H,19,22). The summed E-state index contributed by atoms with van der Waals surface area (Å²) in [5.41, 5.74) is 0.656. The molecule has 1 aromatic carbocycles. The van der Waals surface area contributed by atoms with Crippen molar-refractivity contribution in [2.24, 2.45) is 0 Å². The van der Waals surface area contributed by atoms with Crippen LogP contribution >= 0.6 is 0 Å². The summed E-state index contributed by atoms with van der Waals surface area (Å²) in [5, 5.41) is 2.83. The van der Waals surface area contributed by atoms with E-state index in [0.717, 1.165) is 6.42 Å². The maximum absolute atomic E-state index is 12.4. The van der Waals surface area contributed by atoms with Gasteiger partial charge in [0.1, 0.15) is 11.8 Å². The third kappa shape index (κ3) is 4.40. The molecule has 126 valence electrons. The zero-order valence-electron chi connectivity index (χ0n) is 13.1. The van der Waals surface area contributed by atoms with Crippen molar-refractivity contribution in [3.05, 3.63) is 29.8 Å². The molecule has 1 fully saturated rings. The number of hydrogen-bond acceptors (Lipinski definition) is 3. The second-order valence-corrected chi connectivity index (χ2v) is 5.55. The quantitative estimate of drug-likeness (QED) is 0.904. The van der Waals surface area contributed by atoms with Crippen LogP contribution in [0.1, 0.15) is 38.3 Å². The minimum Gasteiger partial charge on any atom is -0.435 e. The van der Waals surface area contributed by atoms with Gasteiger partial charge in [0.05, 0.1) is 6.04 Å². The molecule has 0 saturated carbocycles. The van der Waals surface area contributed by atoms with Crippen molar-refractivity contribution in [2.75, 3.05) is 6.54 Å². The average molecular weight is 326 g/mol. The second-order valence-electron chi connectivity index (χ2n) is 5.55. The first-order chi connectivity index (χ1) is 10.9. The molecule has 1 N–H and O–H groups in total. The van der Waals surface area contributed by atoms with Crippen molar-refractivity contribution in [1.82, 2.24) is 10.2 Å². The molecule has 0 spiro atoms. The topological polar surface area (TPSA) is 58.6 Å². The van der Waals surface area contributed by atoms with E-state index in [1.165, 1.54) is 19.1 Å². The lowest BCUT2D eigenvalue weighted by Gasteiger charge is -2.24. The van der Waals surface area contributed by atoms with E-state index in [1.54, 1.807) is 24.0 Å². The number of hydrogen-bond donors (Lipinski definition) is 1. The van der Waals surface area contributed by atoms with E-state index in [4.69, 9.17) is 0 Å². The Labute approximate surface area is 133 Å². The highest BCUT2D eigenvalue weighted by atomic mass is 19.3. The number of alkyl halides is 2. The van der Waals surface area contributed by atoms with Gasteiger partial charge in [0.15, 0.2) is 0 Å². The van der Waals surface area contributed by atoms with Crippen molar-refractivity contribution < 1.29 is 23.1 Å². The number of nitrogens with one attached hydrogen (secondary N) is 1. The van der Waals surface area contributed by atoms with E-state index in [2.05, 4.69) is 10.1 Å². The predicted molar refractivity (Wildman–Crippen MR) is 80.0 cm³/mol. The lowest BCUT2D eigenvalue weighted by molar-refractivity contribution is -0.137. The SMILES string of the molecule is CC(=O)N1CCCC1C(=O)NC(C)c1cccc(OC(F)F)c1. The van der Waals surface area contributed by atoms with Gasteiger partial charge in [-0.25, -0.2) is 0 Å². The smallest absolute Gasteiger partial charge is 0.387 e. The van der Waals surface area contributed by atoms with Crippen LogP contribution in [0.2, 0.25) is 0 Å². The number of carbonyl (C=O) groups is 2. The highest BCUT2D eigenvalue weighted by Gasteiger charge is 2.32. The molecule has 1 aliphatic heterocycles. The summed E-state index contributed by atoms with van der Waals surface area (Å²) >= 11 is 0. The van der Waals surface area contributed by atoms with E-state index < -0.39 is 12.7 Å².